The van der Waals surface area contributed by atoms with E-state index >= 15 is 0 Å². The highest BCUT2D eigenvalue weighted by Gasteiger charge is 2.38. The second kappa shape index (κ2) is 7.72. The van der Waals surface area contributed by atoms with Crippen molar-refractivity contribution in [2.45, 2.75) is 53.0 Å². The summed E-state index contributed by atoms with van der Waals surface area (Å²) in [4.78, 5) is 1.28. The first kappa shape index (κ1) is 20.1. The summed E-state index contributed by atoms with van der Waals surface area (Å²) < 4.78 is 0. The van der Waals surface area contributed by atoms with E-state index in [0.29, 0.717) is 12.5 Å². The number of nitrogens with two attached hydrogens (primary N) is 1. The lowest BCUT2D eigenvalue weighted by Gasteiger charge is -2.44. The molecular formula is C21H33NS. The number of hydrogen-bond donors (Lipinski definition) is 1. The van der Waals surface area contributed by atoms with Crippen molar-refractivity contribution < 1.29 is 0 Å². The van der Waals surface area contributed by atoms with Gasteiger partial charge in [0.15, 0.2) is 0 Å². The van der Waals surface area contributed by atoms with Gasteiger partial charge in [-0.1, -0.05) is 65.0 Å². The molecule has 1 aromatic carbocycles. The maximum Gasteiger partial charge on any atom is 0.0189 e. The van der Waals surface area contributed by atoms with Crippen molar-refractivity contribution in [1.29, 1.82) is 0 Å². The number of thioether (sulfide) groups is 1. The van der Waals surface area contributed by atoms with Gasteiger partial charge in [-0.15, -0.1) is 18.3 Å². The molecule has 1 rings (SSSR count). The molecule has 0 radical (unpaired) electrons. The monoisotopic (exact) mass is 331 g/mol. The van der Waals surface area contributed by atoms with Crippen molar-refractivity contribution in [2.75, 3.05) is 5.75 Å². The molecule has 0 fully saturated rings. The Bertz CT molecular complexity index is 569. The summed E-state index contributed by atoms with van der Waals surface area (Å²) in [6, 6.07) is 6.48. The largest absolute Gasteiger partial charge is 0.326 e. The quantitative estimate of drug-likeness (QED) is 0.457. The molecule has 0 saturated carbocycles. The first-order valence-electron chi connectivity index (χ1n) is 8.32. The van der Waals surface area contributed by atoms with Crippen LogP contribution < -0.4 is 5.73 Å². The lowest BCUT2D eigenvalue weighted by atomic mass is 9.62. The Kier molecular flexibility index (Phi) is 6.73. The van der Waals surface area contributed by atoms with Gasteiger partial charge in [0, 0.05) is 17.2 Å². The van der Waals surface area contributed by atoms with Crippen LogP contribution in [-0.4, -0.2) is 5.75 Å². The third-order valence-corrected chi connectivity index (χ3v) is 7.03. The molecule has 1 aromatic rings. The summed E-state index contributed by atoms with van der Waals surface area (Å²) in [5.41, 5.74) is 9.70. The third-order valence-electron chi connectivity index (χ3n) is 5.67. The maximum absolute atomic E-state index is 5.91. The topological polar surface area (TPSA) is 26.0 Å². The molecule has 1 atom stereocenters. The molecule has 23 heavy (non-hydrogen) atoms. The second-order valence-corrected chi connectivity index (χ2v) is 8.73. The molecule has 128 valence electrons. The standard InChI is InChI=1S/C21H33NS/c1-9-20(5,6)21(7,8)16(4)14-23-19-12-17(15(2)3)10-11-18(19)13-22/h9-12,16H,1-2,13-14,22H2,3-8H3. The van der Waals surface area contributed by atoms with Crippen molar-refractivity contribution in [3.63, 3.8) is 0 Å². The average Bonchev–Trinajstić information content (AvgIpc) is 2.51. The Morgan fingerprint density at radius 3 is 2.39 bits per heavy atom. The normalized spacial score (nSPS) is 13.7. The summed E-state index contributed by atoms with van der Waals surface area (Å²) in [6.07, 6.45) is 2.08. The van der Waals surface area contributed by atoms with Gasteiger partial charge in [0.25, 0.3) is 0 Å². The summed E-state index contributed by atoms with van der Waals surface area (Å²) >= 11 is 1.91. The van der Waals surface area contributed by atoms with Crippen molar-refractivity contribution in [2.24, 2.45) is 22.5 Å². The highest BCUT2D eigenvalue weighted by molar-refractivity contribution is 7.99. The fourth-order valence-corrected chi connectivity index (χ4v) is 3.84. The van der Waals surface area contributed by atoms with Gasteiger partial charge >= 0.3 is 0 Å². The summed E-state index contributed by atoms with van der Waals surface area (Å²) in [5.74, 6) is 1.62. The lowest BCUT2D eigenvalue weighted by Crippen LogP contribution is -2.37. The molecule has 2 N–H and O–H groups in total. The molecule has 0 amide bonds. The molecule has 0 spiro atoms. The van der Waals surface area contributed by atoms with E-state index in [1.807, 2.05) is 18.7 Å². The summed E-state index contributed by atoms with van der Waals surface area (Å²) in [7, 11) is 0. The minimum atomic E-state index is 0.100. The third kappa shape index (κ3) is 4.51. The molecule has 0 aromatic heterocycles. The number of benzene rings is 1. The summed E-state index contributed by atoms with van der Waals surface area (Å²) in [5, 5.41) is 0. The van der Waals surface area contributed by atoms with Crippen LogP contribution in [0, 0.1) is 16.7 Å². The van der Waals surface area contributed by atoms with E-state index < -0.39 is 0 Å². The van der Waals surface area contributed by atoms with E-state index in [9.17, 15) is 0 Å². The van der Waals surface area contributed by atoms with Crippen LogP contribution in [0.4, 0.5) is 0 Å². The minimum Gasteiger partial charge on any atom is -0.326 e. The Morgan fingerprint density at radius 1 is 1.30 bits per heavy atom. The van der Waals surface area contributed by atoms with Crippen LogP contribution in [0.2, 0.25) is 0 Å². The number of rotatable bonds is 8. The van der Waals surface area contributed by atoms with E-state index in [0.717, 1.165) is 11.3 Å². The highest BCUT2D eigenvalue weighted by atomic mass is 32.2. The van der Waals surface area contributed by atoms with E-state index in [1.54, 1.807) is 0 Å². The Morgan fingerprint density at radius 2 is 1.91 bits per heavy atom. The Balaban J connectivity index is 2.95. The van der Waals surface area contributed by atoms with Crippen LogP contribution in [0.1, 0.15) is 52.7 Å². The molecule has 1 unspecified atom stereocenters. The predicted molar refractivity (Wildman–Crippen MR) is 107 cm³/mol. The molecule has 1 nitrogen and oxygen atoms in total. The number of hydrogen-bond acceptors (Lipinski definition) is 2. The second-order valence-electron chi connectivity index (χ2n) is 7.67. The van der Waals surface area contributed by atoms with E-state index in [2.05, 4.69) is 72.1 Å². The zero-order chi connectivity index (χ0) is 17.8. The molecule has 0 aliphatic heterocycles. The van der Waals surface area contributed by atoms with Crippen molar-refractivity contribution in [3.8, 4) is 0 Å². The van der Waals surface area contributed by atoms with Gasteiger partial charge in [-0.2, -0.15) is 0 Å². The van der Waals surface area contributed by atoms with E-state index in [1.165, 1.54) is 16.0 Å². The molecule has 2 heteroatoms. The van der Waals surface area contributed by atoms with Gasteiger partial charge in [0.1, 0.15) is 0 Å². The molecule has 0 aliphatic carbocycles. The highest BCUT2D eigenvalue weighted by Crippen LogP contribution is 2.46. The first-order chi connectivity index (χ1) is 10.6. The van der Waals surface area contributed by atoms with E-state index in [4.69, 9.17) is 5.73 Å². The SMILES string of the molecule is C=CC(C)(C)C(C)(C)C(C)CSc1cc(C(=C)C)ccc1CN. The molecule has 0 heterocycles. The fraction of sp³-hybridized carbons (Fsp3) is 0.524. The molecule has 0 bridgehead atoms. The van der Waals surface area contributed by atoms with Crippen LogP contribution in [0.15, 0.2) is 42.3 Å². The minimum absolute atomic E-state index is 0.100. The van der Waals surface area contributed by atoms with Gasteiger partial charge in [0.05, 0.1) is 0 Å². The van der Waals surface area contributed by atoms with Crippen LogP contribution in [0.5, 0.6) is 0 Å². The van der Waals surface area contributed by atoms with Crippen LogP contribution >= 0.6 is 11.8 Å². The molecule has 0 saturated heterocycles. The Labute approximate surface area is 147 Å². The van der Waals surface area contributed by atoms with Crippen molar-refractivity contribution >= 4 is 17.3 Å². The van der Waals surface area contributed by atoms with Crippen LogP contribution in [-0.2, 0) is 6.54 Å². The fourth-order valence-electron chi connectivity index (χ4n) is 2.44. The summed E-state index contributed by atoms with van der Waals surface area (Å²) in [6.45, 7) is 22.3. The first-order valence-corrected chi connectivity index (χ1v) is 9.30. The zero-order valence-corrected chi connectivity index (χ0v) is 16.5. The zero-order valence-electron chi connectivity index (χ0n) is 15.7. The predicted octanol–water partition coefficient (Wildman–Crippen LogP) is 6.15. The molecule has 0 aliphatic rings. The smallest absolute Gasteiger partial charge is 0.0189 e. The van der Waals surface area contributed by atoms with Crippen LogP contribution in [0.3, 0.4) is 0 Å². The lowest BCUT2D eigenvalue weighted by molar-refractivity contribution is 0.103. The van der Waals surface area contributed by atoms with Gasteiger partial charge < -0.3 is 5.73 Å². The van der Waals surface area contributed by atoms with Crippen LogP contribution in [0.25, 0.3) is 5.57 Å². The maximum atomic E-state index is 5.91. The van der Waals surface area contributed by atoms with Gasteiger partial charge in [-0.25, -0.2) is 0 Å². The average molecular weight is 332 g/mol. The van der Waals surface area contributed by atoms with Crippen molar-refractivity contribution in [3.05, 3.63) is 48.6 Å². The van der Waals surface area contributed by atoms with Gasteiger partial charge in [-0.3, -0.25) is 0 Å². The Hall–Kier alpha value is -0.990. The molecular weight excluding hydrogens is 298 g/mol. The van der Waals surface area contributed by atoms with Gasteiger partial charge in [-0.05, 0) is 40.9 Å². The van der Waals surface area contributed by atoms with Gasteiger partial charge in [0.2, 0.25) is 0 Å². The van der Waals surface area contributed by atoms with E-state index in [-0.39, 0.29) is 10.8 Å². The number of allylic oxidation sites excluding steroid dienone is 2. The van der Waals surface area contributed by atoms with Crippen molar-refractivity contribution in [1.82, 2.24) is 0 Å².